The van der Waals surface area contributed by atoms with Crippen LogP contribution in [0, 0.1) is 0 Å². The van der Waals surface area contributed by atoms with Crippen molar-refractivity contribution in [1.29, 1.82) is 0 Å². The molecule has 1 aliphatic heterocycles. The van der Waals surface area contributed by atoms with Crippen molar-refractivity contribution in [2.45, 2.75) is 12.5 Å². The Morgan fingerprint density at radius 1 is 1.06 bits per heavy atom. The van der Waals surface area contributed by atoms with Gasteiger partial charge in [-0.25, -0.2) is 0 Å². The summed E-state index contributed by atoms with van der Waals surface area (Å²) in [6, 6.07) is 9.88. The third-order valence-corrected chi connectivity index (χ3v) is 5.21. The van der Waals surface area contributed by atoms with Gasteiger partial charge in [0.2, 0.25) is 0 Å². The van der Waals surface area contributed by atoms with E-state index in [0.29, 0.717) is 22.1 Å². The number of ether oxygens (including phenoxy) is 2. The highest BCUT2D eigenvalue weighted by Crippen LogP contribution is 2.43. The molecule has 0 radical (unpaired) electrons. The van der Waals surface area contributed by atoms with Crippen LogP contribution in [-0.4, -0.2) is 53.5 Å². The molecule has 9 heteroatoms. The fourth-order valence-electron chi connectivity index (χ4n) is 3.46. The first-order valence-electron chi connectivity index (χ1n) is 9.26. The predicted molar refractivity (Wildman–Crippen MR) is 112 cm³/mol. The smallest absolute Gasteiger partial charge is 0.305 e. The van der Waals surface area contributed by atoms with Gasteiger partial charge in [-0.3, -0.25) is 14.4 Å². The van der Waals surface area contributed by atoms with Crippen molar-refractivity contribution < 1.29 is 34.1 Å². The summed E-state index contributed by atoms with van der Waals surface area (Å²) < 4.78 is 10.6. The number of halogens is 1. The highest BCUT2D eigenvalue weighted by molar-refractivity contribution is 6.46. The van der Waals surface area contributed by atoms with E-state index in [2.05, 4.69) is 0 Å². The monoisotopic (exact) mass is 445 g/mol. The molecule has 0 unspecified atom stereocenters. The minimum atomic E-state index is -1.12. The lowest BCUT2D eigenvalue weighted by molar-refractivity contribution is -0.142. The number of aliphatic hydroxyl groups is 1. The van der Waals surface area contributed by atoms with Gasteiger partial charge in [0, 0.05) is 28.8 Å². The number of benzene rings is 2. The van der Waals surface area contributed by atoms with Crippen molar-refractivity contribution in [3.05, 3.63) is 64.2 Å². The number of carbonyl (C=O) groups is 3. The Labute approximate surface area is 183 Å². The van der Waals surface area contributed by atoms with E-state index in [-0.39, 0.29) is 24.1 Å². The molecule has 162 valence electrons. The van der Waals surface area contributed by atoms with Gasteiger partial charge < -0.3 is 24.6 Å². The first kappa shape index (κ1) is 22.2. The van der Waals surface area contributed by atoms with E-state index in [1.165, 1.54) is 26.4 Å². The molecule has 0 aliphatic carbocycles. The molecule has 1 heterocycles. The highest BCUT2D eigenvalue weighted by atomic mass is 35.5. The van der Waals surface area contributed by atoms with Gasteiger partial charge in [-0.2, -0.15) is 0 Å². The van der Waals surface area contributed by atoms with E-state index >= 15 is 0 Å². The maximum atomic E-state index is 12.9. The van der Waals surface area contributed by atoms with Crippen LogP contribution in [0.2, 0.25) is 5.02 Å². The molecule has 3 rings (SSSR count). The summed E-state index contributed by atoms with van der Waals surface area (Å²) in [4.78, 5) is 37.9. The zero-order valence-electron chi connectivity index (χ0n) is 16.8. The number of carboxylic acid groups (broad SMARTS) is 1. The van der Waals surface area contributed by atoms with Crippen LogP contribution in [-0.2, 0) is 14.4 Å². The molecule has 2 N–H and O–H groups in total. The molecule has 0 bridgehead atoms. The maximum Gasteiger partial charge on any atom is 0.305 e. The number of ketones is 1. The third-order valence-electron chi connectivity index (χ3n) is 4.96. The van der Waals surface area contributed by atoms with E-state index in [1.807, 2.05) is 0 Å². The average Bonchev–Trinajstić information content (AvgIpc) is 3.01. The van der Waals surface area contributed by atoms with Gasteiger partial charge in [0.25, 0.3) is 11.7 Å². The third kappa shape index (κ3) is 4.34. The molecule has 0 aromatic heterocycles. The van der Waals surface area contributed by atoms with E-state index in [9.17, 15) is 19.5 Å². The molecular formula is C22H20ClNO7. The Kier molecular flexibility index (Phi) is 6.50. The van der Waals surface area contributed by atoms with Crippen LogP contribution in [0.3, 0.4) is 0 Å². The second-order valence-electron chi connectivity index (χ2n) is 6.75. The topological polar surface area (TPSA) is 113 Å². The van der Waals surface area contributed by atoms with E-state index < -0.39 is 29.5 Å². The second-order valence-corrected chi connectivity index (χ2v) is 7.19. The minimum absolute atomic E-state index is 0.166. The number of nitrogens with zero attached hydrogens (tertiary/aromatic N) is 1. The fourth-order valence-corrected chi connectivity index (χ4v) is 3.58. The number of hydrogen-bond acceptors (Lipinski definition) is 6. The molecule has 1 atom stereocenters. The van der Waals surface area contributed by atoms with E-state index in [4.69, 9.17) is 26.2 Å². The van der Waals surface area contributed by atoms with Gasteiger partial charge in [-0.05, 0) is 36.4 Å². The molecule has 0 saturated carbocycles. The van der Waals surface area contributed by atoms with Crippen LogP contribution >= 0.6 is 11.6 Å². The second kappa shape index (κ2) is 9.09. The number of methoxy groups -OCH3 is 2. The summed E-state index contributed by atoms with van der Waals surface area (Å²) in [5, 5.41) is 20.5. The predicted octanol–water partition coefficient (Wildman–Crippen LogP) is 3.25. The first-order valence-corrected chi connectivity index (χ1v) is 9.64. The summed E-state index contributed by atoms with van der Waals surface area (Å²) in [6.07, 6.45) is -0.372. The zero-order chi connectivity index (χ0) is 22.7. The van der Waals surface area contributed by atoms with E-state index in [1.54, 1.807) is 30.3 Å². The largest absolute Gasteiger partial charge is 0.507 e. The van der Waals surface area contributed by atoms with Crippen LogP contribution in [0.1, 0.15) is 23.6 Å². The average molecular weight is 446 g/mol. The number of carbonyl (C=O) groups excluding carboxylic acids is 2. The Balaban J connectivity index is 2.21. The van der Waals surface area contributed by atoms with Crippen molar-refractivity contribution >= 4 is 35.0 Å². The number of likely N-dealkylation sites (tertiary alicyclic amines) is 1. The summed E-state index contributed by atoms with van der Waals surface area (Å²) in [6.45, 7) is -0.225. The lowest BCUT2D eigenvalue weighted by Gasteiger charge is -2.26. The van der Waals surface area contributed by atoms with Crippen molar-refractivity contribution in [2.24, 2.45) is 0 Å². The molecule has 1 saturated heterocycles. The number of aliphatic carboxylic acids is 1. The number of amides is 1. The molecule has 1 fully saturated rings. The Morgan fingerprint density at radius 3 is 2.32 bits per heavy atom. The molecule has 0 spiro atoms. The molecule has 31 heavy (non-hydrogen) atoms. The van der Waals surface area contributed by atoms with Crippen molar-refractivity contribution in [3.8, 4) is 11.5 Å². The Bertz CT molecular complexity index is 1060. The lowest BCUT2D eigenvalue weighted by Crippen LogP contribution is -2.32. The van der Waals surface area contributed by atoms with Crippen LogP contribution in [0.25, 0.3) is 5.76 Å². The summed E-state index contributed by atoms with van der Waals surface area (Å²) in [5.74, 6) is -2.54. The number of Topliss-reactive ketones (excluding diaryl/α,β-unsaturated/α-hetero) is 1. The molecule has 8 nitrogen and oxygen atoms in total. The standard InChI is InChI=1S/C22H20ClNO7/c1-30-14-7-8-15(16(11-14)31-2)19-18(20(27)12-3-5-13(23)6-4-12)21(28)22(29)24(19)10-9-17(25)26/h3-8,11,19,27H,9-10H2,1-2H3,(H,25,26)/t19-/m0/s1. The van der Waals surface area contributed by atoms with Gasteiger partial charge in [0.1, 0.15) is 17.3 Å². The fraction of sp³-hybridized carbons (Fsp3) is 0.227. The Hall–Kier alpha value is -3.52. The molecule has 2 aromatic rings. The zero-order valence-corrected chi connectivity index (χ0v) is 17.5. The van der Waals surface area contributed by atoms with Gasteiger partial charge in [-0.1, -0.05) is 11.6 Å². The summed E-state index contributed by atoms with van der Waals surface area (Å²) in [5.41, 5.74) is 0.530. The highest BCUT2D eigenvalue weighted by Gasteiger charge is 2.47. The first-order chi connectivity index (χ1) is 14.8. The maximum absolute atomic E-state index is 12.9. The van der Waals surface area contributed by atoms with Gasteiger partial charge >= 0.3 is 5.97 Å². The Morgan fingerprint density at radius 2 is 1.74 bits per heavy atom. The van der Waals surface area contributed by atoms with Crippen LogP contribution < -0.4 is 9.47 Å². The molecule has 2 aromatic carbocycles. The van der Waals surface area contributed by atoms with Crippen molar-refractivity contribution in [1.82, 2.24) is 4.90 Å². The van der Waals surface area contributed by atoms with Crippen molar-refractivity contribution in [2.75, 3.05) is 20.8 Å². The van der Waals surface area contributed by atoms with Crippen molar-refractivity contribution in [3.63, 3.8) is 0 Å². The minimum Gasteiger partial charge on any atom is -0.507 e. The van der Waals surface area contributed by atoms with Gasteiger partial charge in [0.15, 0.2) is 0 Å². The number of rotatable bonds is 7. The summed E-state index contributed by atoms with van der Waals surface area (Å²) >= 11 is 5.90. The van der Waals surface area contributed by atoms with Gasteiger partial charge in [-0.15, -0.1) is 0 Å². The van der Waals surface area contributed by atoms with Gasteiger partial charge in [0.05, 0.1) is 32.3 Å². The number of aliphatic hydroxyl groups excluding tert-OH is 1. The van der Waals surface area contributed by atoms with Crippen LogP contribution in [0.5, 0.6) is 11.5 Å². The number of hydrogen-bond donors (Lipinski definition) is 2. The lowest BCUT2D eigenvalue weighted by atomic mass is 9.94. The quantitative estimate of drug-likeness (QED) is 0.382. The van der Waals surface area contributed by atoms with Crippen LogP contribution in [0.4, 0.5) is 0 Å². The molecule has 1 aliphatic rings. The molecular weight excluding hydrogens is 426 g/mol. The summed E-state index contributed by atoms with van der Waals surface area (Å²) in [7, 11) is 2.90. The van der Waals surface area contributed by atoms with E-state index in [0.717, 1.165) is 4.90 Å². The molecule has 1 amide bonds. The number of carboxylic acids is 1. The SMILES string of the molecule is COc1ccc([C@H]2C(=C(O)c3ccc(Cl)cc3)C(=O)C(=O)N2CCC(=O)O)c(OC)c1. The van der Waals surface area contributed by atoms with Crippen LogP contribution in [0.15, 0.2) is 48.0 Å². The normalized spacial score (nSPS) is 17.6.